The lowest BCUT2D eigenvalue weighted by molar-refractivity contribution is -0.0855. The Morgan fingerprint density at radius 2 is 2.11 bits per heavy atom. The van der Waals surface area contributed by atoms with Gasteiger partial charge >= 0.3 is 0 Å². The first-order chi connectivity index (χ1) is 12.9. The summed E-state index contributed by atoms with van der Waals surface area (Å²) in [5.41, 5.74) is 0.528. The average molecular weight is 395 g/mol. The van der Waals surface area contributed by atoms with E-state index in [0.717, 1.165) is 31.5 Å². The fourth-order valence-electron chi connectivity index (χ4n) is 3.63. The molecule has 0 aliphatic carbocycles. The molecule has 2 saturated heterocycles. The second-order valence-corrected chi connectivity index (χ2v) is 9.34. The topological polar surface area (TPSA) is 67.9 Å². The number of nitrogens with one attached hydrogen (secondary N) is 1. The van der Waals surface area contributed by atoms with Crippen molar-refractivity contribution in [2.75, 3.05) is 32.8 Å². The molecule has 0 bridgehead atoms. The van der Waals surface area contributed by atoms with Crippen LogP contribution < -0.4 is 4.72 Å². The standard InChI is InChI=1S/C20H30N2O4S/c1-17(2)22-11-12-25-16-20(15-22)10-8-19(26-20)14-21-27(23,24)13-9-18-6-4-3-5-7-18/h3-7,9,13,17,19,21H,8,10-12,14-16H2,1-2H3/b13-9+/t19-,20-/m1/s1. The van der Waals surface area contributed by atoms with Gasteiger partial charge in [0.05, 0.1) is 19.3 Å². The predicted octanol–water partition coefficient (Wildman–Crippen LogP) is 2.24. The Labute approximate surface area is 162 Å². The number of benzene rings is 1. The maximum Gasteiger partial charge on any atom is 0.233 e. The van der Waals surface area contributed by atoms with Gasteiger partial charge in [0, 0.05) is 31.1 Å². The van der Waals surface area contributed by atoms with Gasteiger partial charge in [0.2, 0.25) is 10.0 Å². The van der Waals surface area contributed by atoms with E-state index in [-0.39, 0.29) is 18.2 Å². The molecule has 2 aliphatic heterocycles. The third-order valence-corrected chi connectivity index (χ3v) is 6.26. The number of sulfonamides is 1. The molecule has 2 fully saturated rings. The van der Waals surface area contributed by atoms with Gasteiger partial charge in [-0.05, 0) is 38.3 Å². The van der Waals surface area contributed by atoms with Gasteiger partial charge in [0.25, 0.3) is 0 Å². The molecular weight excluding hydrogens is 364 g/mol. The Kier molecular flexibility index (Phi) is 6.70. The normalized spacial score (nSPS) is 27.6. The van der Waals surface area contributed by atoms with Gasteiger partial charge < -0.3 is 9.47 Å². The van der Waals surface area contributed by atoms with E-state index in [1.807, 2.05) is 30.3 Å². The minimum absolute atomic E-state index is 0.124. The lowest BCUT2D eigenvalue weighted by atomic mass is 9.99. The third kappa shape index (κ3) is 5.86. The first kappa shape index (κ1) is 20.5. The highest BCUT2D eigenvalue weighted by Gasteiger charge is 2.43. The van der Waals surface area contributed by atoms with E-state index in [9.17, 15) is 8.42 Å². The third-order valence-electron chi connectivity index (χ3n) is 5.20. The van der Waals surface area contributed by atoms with Gasteiger partial charge in [-0.2, -0.15) is 0 Å². The highest BCUT2D eigenvalue weighted by atomic mass is 32.2. The van der Waals surface area contributed by atoms with Gasteiger partial charge in [0.15, 0.2) is 0 Å². The van der Waals surface area contributed by atoms with E-state index in [1.54, 1.807) is 6.08 Å². The summed E-state index contributed by atoms with van der Waals surface area (Å²) >= 11 is 0. The summed E-state index contributed by atoms with van der Waals surface area (Å²) in [7, 11) is -3.49. The van der Waals surface area contributed by atoms with Gasteiger partial charge in [-0.1, -0.05) is 30.3 Å². The van der Waals surface area contributed by atoms with E-state index in [1.165, 1.54) is 5.41 Å². The number of hydrogen-bond acceptors (Lipinski definition) is 5. The molecule has 1 spiro atoms. The highest BCUT2D eigenvalue weighted by Crippen LogP contribution is 2.33. The largest absolute Gasteiger partial charge is 0.377 e. The lowest BCUT2D eigenvalue weighted by Gasteiger charge is -2.33. The van der Waals surface area contributed by atoms with Crippen molar-refractivity contribution >= 4 is 16.1 Å². The van der Waals surface area contributed by atoms with Gasteiger partial charge in [-0.25, -0.2) is 13.1 Å². The van der Waals surface area contributed by atoms with E-state index in [0.29, 0.717) is 19.3 Å². The van der Waals surface area contributed by atoms with Crippen LogP contribution in [0.5, 0.6) is 0 Å². The summed E-state index contributed by atoms with van der Waals surface area (Å²) in [5, 5.41) is 1.21. The summed E-state index contributed by atoms with van der Waals surface area (Å²) < 4.78 is 39.2. The van der Waals surface area contributed by atoms with Crippen molar-refractivity contribution in [1.29, 1.82) is 0 Å². The van der Waals surface area contributed by atoms with Crippen molar-refractivity contribution < 1.29 is 17.9 Å². The lowest BCUT2D eigenvalue weighted by Crippen LogP contribution is -2.47. The van der Waals surface area contributed by atoms with Crippen LogP contribution in [-0.2, 0) is 19.5 Å². The first-order valence-electron chi connectivity index (χ1n) is 9.60. The van der Waals surface area contributed by atoms with Crippen molar-refractivity contribution in [2.45, 2.75) is 44.4 Å². The minimum Gasteiger partial charge on any atom is -0.377 e. The monoisotopic (exact) mass is 394 g/mol. The summed E-state index contributed by atoms with van der Waals surface area (Å²) in [4.78, 5) is 2.38. The maximum atomic E-state index is 12.2. The molecule has 27 heavy (non-hydrogen) atoms. The van der Waals surface area contributed by atoms with Crippen molar-refractivity contribution in [1.82, 2.24) is 9.62 Å². The van der Waals surface area contributed by atoms with E-state index in [2.05, 4.69) is 23.5 Å². The van der Waals surface area contributed by atoms with E-state index < -0.39 is 10.0 Å². The van der Waals surface area contributed by atoms with Crippen molar-refractivity contribution in [3.05, 3.63) is 41.3 Å². The van der Waals surface area contributed by atoms with Crippen LogP contribution in [0.2, 0.25) is 0 Å². The van der Waals surface area contributed by atoms with Crippen molar-refractivity contribution in [3.63, 3.8) is 0 Å². The summed E-state index contributed by atoms with van der Waals surface area (Å²) in [6.07, 6.45) is 3.20. The summed E-state index contributed by atoms with van der Waals surface area (Å²) in [6.45, 7) is 7.67. The Hall–Kier alpha value is -1.25. The molecule has 6 nitrogen and oxygen atoms in total. The fourth-order valence-corrected chi connectivity index (χ4v) is 4.48. The SMILES string of the molecule is CC(C)N1CCOC[C@@]2(CC[C@H](CNS(=O)(=O)/C=C/c3ccccc3)O2)C1. The van der Waals surface area contributed by atoms with Gasteiger partial charge in [0.1, 0.15) is 5.60 Å². The zero-order valence-electron chi connectivity index (χ0n) is 16.1. The van der Waals surface area contributed by atoms with Crippen LogP contribution >= 0.6 is 0 Å². The first-order valence-corrected chi connectivity index (χ1v) is 11.1. The van der Waals surface area contributed by atoms with Gasteiger partial charge in [-0.15, -0.1) is 0 Å². The van der Waals surface area contributed by atoms with Crippen LogP contribution in [0.15, 0.2) is 35.7 Å². The zero-order chi connectivity index (χ0) is 19.3. The van der Waals surface area contributed by atoms with Crippen molar-refractivity contribution in [3.8, 4) is 0 Å². The van der Waals surface area contributed by atoms with Crippen LogP contribution in [0.4, 0.5) is 0 Å². The molecule has 7 heteroatoms. The molecule has 0 amide bonds. The average Bonchev–Trinajstić information content (AvgIpc) is 2.92. The van der Waals surface area contributed by atoms with Gasteiger partial charge in [-0.3, -0.25) is 4.90 Å². The zero-order valence-corrected chi connectivity index (χ0v) is 17.0. The molecule has 1 aromatic carbocycles. The quantitative estimate of drug-likeness (QED) is 0.801. The second kappa shape index (κ2) is 8.84. The molecule has 2 atom stereocenters. The Morgan fingerprint density at radius 3 is 2.85 bits per heavy atom. The molecule has 0 saturated carbocycles. The number of ether oxygens (including phenoxy) is 2. The molecule has 150 valence electrons. The smallest absolute Gasteiger partial charge is 0.233 e. The number of nitrogens with zero attached hydrogens (tertiary/aromatic N) is 1. The minimum atomic E-state index is -3.49. The molecule has 3 rings (SSSR count). The number of hydrogen-bond donors (Lipinski definition) is 1. The van der Waals surface area contributed by atoms with Crippen LogP contribution in [0.25, 0.3) is 6.08 Å². The molecule has 0 aromatic heterocycles. The molecule has 2 heterocycles. The Bertz CT molecular complexity index is 736. The molecule has 0 unspecified atom stereocenters. The molecule has 1 aromatic rings. The van der Waals surface area contributed by atoms with Crippen LogP contribution in [0.1, 0.15) is 32.3 Å². The fraction of sp³-hybridized carbons (Fsp3) is 0.600. The summed E-state index contributed by atoms with van der Waals surface area (Å²) in [5.74, 6) is 0. The van der Waals surface area contributed by atoms with E-state index in [4.69, 9.17) is 9.47 Å². The second-order valence-electron chi connectivity index (χ2n) is 7.69. The van der Waals surface area contributed by atoms with Crippen LogP contribution in [0, 0.1) is 0 Å². The maximum absolute atomic E-state index is 12.2. The number of rotatable bonds is 6. The predicted molar refractivity (Wildman–Crippen MR) is 107 cm³/mol. The Morgan fingerprint density at radius 1 is 1.33 bits per heavy atom. The van der Waals surface area contributed by atoms with E-state index >= 15 is 0 Å². The highest BCUT2D eigenvalue weighted by molar-refractivity contribution is 7.92. The van der Waals surface area contributed by atoms with Crippen LogP contribution in [-0.4, -0.2) is 63.9 Å². The molecule has 1 N–H and O–H groups in total. The van der Waals surface area contributed by atoms with Crippen molar-refractivity contribution in [2.24, 2.45) is 0 Å². The Balaban J connectivity index is 1.54. The molecule has 0 radical (unpaired) electrons. The molecular formula is C20H30N2O4S. The summed E-state index contributed by atoms with van der Waals surface area (Å²) in [6, 6.07) is 9.81. The van der Waals surface area contributed by atoms with Crippen LogP contribution in [0.3, 0.4) is 0 Å². The molecule has 2 aliphatic rings.